The van der Waals surface area contributed by atoms with E-state index in [-0.39, 0.29) is 17.1 Å². The van der Waals surface area contributed by atoms with Crippen LogP contribution < -0.4 is 16.0 Å². The number of hydrogen-bond donors (Lipinski definition) is 3. The van der Waals surface area contributed by atoms with E-state index in [9.17, 15) is 0 Å². The van der Waals surface area contributed by atoms with Gasteiger partial charge >= 0.3 is 17.1 Å². The van der Waals surface area contributed by atoms with E-state index in [2.05, 4.69) is 75.4 Å². The van der Waals surface area contributed by atoms with Gasteiger partial charge in [-0.3, -0.25) is 9.88 Å². The van der Waals surface area contributed by atoms with E-state index in [1.54, 1.807) is 0 Å². The molecule has 1 aliphatic rings. The normalized spacial score (nSPS) is 15.7. The van der Waals surface area contributed by atoms with Gasteiger partial charge in [0.05, 0.1) is 11.2 Å². The maximum Gasteiger partial charge on any atom is 2.00 e. The summed E-state index contributed by atoms with van der Waals surface area (Å²) in [5.41, 5.74) is 4.89. The Morgan fingerprint density at radius 2 is 1.60 bits per heavy atom. The molecular weight excluding hydrogens is 413 g/mol. The van der Waals surface area contributed by atoms with E-state index in [4.69, 9.17) is 4.98 Å². The van der Waals surface area contributed by atoms with Crippen molar-refractivity contribution in [2.24, 2.45) is 0 Å². The van der Waals surface area contributed by atoms with E-state index in [0.717, 1.165) is 70.1 Å². The Morgan fingerprint density at radius 1 is 0.867 bits per heavy atom. The Kier molecular flexibility index (Phi) is 9.27. The molecule has 0 atom stereocenters. The van der Waals surface area contributed by atoms with Gasteiger partial charge in [-0.1, -0.05) is 48.5 Å². The van der Waals surface area contributed by atoms with Gasteiger partial charge < -0.3 is 16.0 Å². The Morgan fingerprint density at radius 3 is 2.37 bits per heavy atom. The van der Waals surface area contributed by atoms with Crippen LogP contribution in [0.15, 0.2) is 60.7 Å². The third kappa shape index (κ3) is 6.88. The van der Waals surface area contributed by atoms with Gasteiger partial charge in [0, 0.05) is 64.3 Å². The number of nitrogens with zero attached hydrogens (tertiary/aromatic N) is 2. The summed E-state index contributed by atoms with van der Waals surface area (Å²) in [7, 11) is 0. The first kappa shape index (κ1) is 22.9. The molecule has 6 heteroatoms. The Bertz CT molecular complexity index is 889. The number of para-hydroxylation sites is 1. The van der Waals surface area contributed by atoms with Crippen molar-refractivity contribution < 1.29 is 17.1 Å². The first-order valence-electron chi connectivity index (χ1n) is 10.6. The molecule has 5 nitrogen and oxygen atoms in total. The standard InChI is InChI=1S/C24H31N5.Mn/c1-2-7-24-22(6-1)8-9-23(28-24)19-27-12-15-29-13-10-25-17-20-4-3-5-21(16-20)18-26-11-14-29;/h1-9,16,25-27H,10-15,17-19H2;/q;+2. The molecule has 0 aliphatic carbocycles. The Balaban J connectivity index is 0.00000256. The number of hydrogen-bond acceptors (Lipinski definition) is 5. The number of rotatable bonds is 5. The van der Waals surface area contributed by atoms with E-state index in [1.807, 2.05) is 6.07 Å². The van der Waals surface area contributed by atoms with Crippen molar-refractivity contribution in [3.8, 4) is 0 Å². The van der Waals surface area contributed by atoms with E-state index in [0.29, 0.717) is 0 Å². The van der Waals surface area contributed by atoms with E-state index >= 15 is 0 Å². The first-order valence-corrected chi connectivity index (χ1v) is 10.6. The van der Waals surface area contributed by atoms with Gasteiger partial charge in [-0.2, -0.15) is 0 Å². The van der Waals surface area contributed by atoms with Crippen molar-refractivity contribution in [1.82, 2.24) is 25.8 Å². The predicted octanol–water partition coefficient (Wildman–Crippen LogP) is 2.52. The molecule has 1 aromatic heterocycles. The molecule has 2 bridgehead atoms. The van der Waals surface area contributed by atoms with Gasteiger partial charge in [0.2, 0.25) is 0 Å². The molecule has 3 N–H and O–H groups in total. The van der Waals surface area contributed by atoms with Crippen LogP contribution in [0.5, 0.6) is 0 Å². The van der Waals surface area contributed by atoms with Crippen LogP contribution in [-0.4, -0.2) is 49.2 Å². The summed E-state index contributed by atoms with van der Waals surface area (Å²) in [4.78, 5) is 7.27. The summed E-state index contributed by atoms with van der Waals surface area (Å²) in [6.07, 6.45) is 0. The van der Waals surface area contributed by atoms with Gasteiger partial charge in [0.25, 0.3) is 0 Å². The van der Waals surface area contributed by atoms with Crippen LogP contribution in [0.4, 0.5) is 0 Å². The van der Waals surface area contributed by atoms with Crippen LogP contribution in [-0.2, 0) is 36.7 Å². The maximum absolute atomic E-state index is 4.74. The first-order chi connectivity index (χ1) is 14.4. The van der Waals surface area contributed by atoms with Crippen molar-refractivity contribution in [2.75, 3.05) is 39.3 Å². The van der Waals surface area contributed by atoms with E-state index in [1.165, 1.54) is 16.5 Å². The van der Waals surface area contributed by atoms with Crippen molar-refractivity contribution in [2.45, 2.75) is 19.6 Å². The Labute approximate surface area is 190 Å². The third-order valence-corrected chi connectivity index (χ3v) is 5.43. The van der Waals surface area contributed by atoms with Gasteiger partial charge in [-0.15, -0.1) is 0 Å². The zero-order chi connectivity index (χ0) is 19.7. The van der Waals surface area contributed by atoms with Crippen molar-refractivity contribution >= 4 is 10.9 Å². The fourth-order valence-electron chi connectivity index (χ4n) is 3.79. The van der Waals surface area contributed by atoms with Gasteiger partial charge in [0.1, 0.15) is 0 Å². The molecular formula is C24H31MnN5+2. The molecule has 0 fully saturated rings. The Hall–Kier alpha value is -1.79. The van der Waals surface area contributed by atoms with Crippen molar-refractivity contribution in [1.29, 1.82) is 0 Å². The number of fused-ring (bicyclic) bond motifs is 3. The van der Waals surface area contributed by atoms with Crippen LogP contribution in [0.2, 0.25) is 0 Å². The summed E-state index contributed by atoms with van der Waals surface area (Å²) in [6.45, 7) is 8.85. The molecule has 2 heterocycles. The monoisotopic (exact) mass is 444 g/mol. The number of nitrogens with one attached hydrogen (secondary N) is 3. The molecule has 0 unspecified atom stereocenters. The summed E-state index contributed by atoms with van der Waals surface area (Å²) < 4.78 is 0. The zero-order valence-corrected chi connectivity index (χ0v) is 18.6. The summed E-state index contributed by atoms with van der Waals surface area (Å²) in [5, 5.41) is 11.9. The topological polar surface area (TPSA) is 52.2 Å². The van der Waals surface area contributed by atoms with Crippen LogP contribution >= 0.6 is 0 Å². The largest absolute Gasteiger partial charge is 2.00 e. The second-order valence-electron chi connectivity index (χ2n) is 7.69. The minimum Gasteiger partial charge on any atom is -0.311 e. The summed E-state index contributed by atoms with van der Waals surface area (Å²) in [6, 6.07) is 21.4. The van der Waals surface area contributed by atoms with Crippen LogP contribution in [0, 0.1) is 0 Å². The smallest absolute Gasteiger partial charge is 0.311 e. The SMILES string of the molecule is [Mn+2].c1cc2cc(c1)CNCCN(CCNCc1ccc3ccccc3n1)CCNC2. The van der Waals surface area contributed by atoms with Gasteiger partial charge in [-0.05, 0) is 23.3 Å². The van der Waals surface area contributed by atoms with Gasteiger partial charge in [-0.25, -0.2) is 0 Å². The second kappa shape index (κ2) is 12.2. The molecule has 0 saturated carbocycles. The summed E-state index contributed by atoms with van der Waals surface area (Å²) in [5.74, 6) is 0. The fourth-order valence-corrected chi connectivity index (χ4v) is 3.79. The molecule has 0 saturated heterocycles. The zero-order valence-electron chi connectivity index (χ0n) is 17.4. The molecule has 3 aromatic rings. The quantitative estimate of drug-likeness (QED) is 0.417. The molecule has 2 aromatic carbocycles. The van der Waals surface area contributed by atoms with Crippen molar-refractivity contribution in [3.63, 3.8) is 0 Å². The average molecular weight is 444 g/mol. The predicted molar refractivity (Wildman–Crippen MR) is 120 cm³/mol. The third-order valence-electron chi connectivity index (χ3n) is 5.43. The molecule has 1 radical (unpaired) electrons. The molecule has 0 spiro atoms. The molecule has 4 rings (SSSR count). The van der Waals surface area contributed by atoms with Crippen LogP contribution in [0.1, 0.15) is 16.8 Å². The molecule has 30 heavy (non-hydrogen) atoms. The van der Waals surface area contributed by atoms with Crippen LogP contribution in [0.25, 0.3) is 10.9 Å². The molecule has 0 amide bonds. The number of benzene rings is 2. The second-order valence-corrected chi connectivity index (χ2v) is 7.69. The maximum atomic E-state index is 4.74. The number of aromatic nitrogens is 1. The fraction of sp³-hybridized carbons (Fsp3) is 0.375. The average Bonchev–Trinajstić information content (AvgIpc) is 2.76. The number of pyridine rings is 1. The van der Waals surface area contributed by atoms with Crippen molar-refractivity contribution in [3.05, 3.63) is 77.5 Å². The minimum atomic E-state index is 0. The van der Waals surface area contributed by atoms with Crippen LogP contribution in [0.3, 0.4) is 0 Å². The molecule has 157 valence electrons. The molecule has 1 aliphatic heterocycles. The summed E-state index contributed by atoms with van der Waals surface area (Å²) >= 11 is 0. The van der Waals surface area contributed by atoms with E-state index < -0.39 is 0 Å². The minimum absolute atomic E-state index is 0. The van der Waals surface area contributed by atoms with Gasteiger partial charge in [0.15, 0.2) is 0 Å².